The van der Waals surface area contributed by atoms with Crippen molar-refractivity contribution in [2.24, 2.45) is 5.92 Å². The molecule has 0 aliphatic carbocycles. The number of fused-ring (bicyclic) bond motifs is 1. The van der Waals surface area contributed by atoms with E-state index in [1.54, 1.807) is 0 Å². The highest BCUT2D eigenvalue weighted by Gasteiger charge is 2.14. The molecule has 0 unspecified atom stereocenters. The van der Waals surface area contributed by atoms with Crippen LogP contribution >= 0.6 is 0 Å². The third-order valence-corrected chi connectivity index (χ3v) is 2.76. The zero-order chi connectivity index (χ0) is 13.0. The lowest BCUT2D eigenvalue weighted by molar-refractivity contribution is -0.144. The number of anilines is 1. The summed E-state index contributed by atoms with van der Waals surface area (Å²) in [4.78, 5) is 11.3. The SMILES string of the molecule is COC(=O)[C@@H](C)CNc1ccc2c(c1)OCCO2. The predicted octanol–water partition coefficient (Wildman–Crippen LogP) is 1.68. The van der Waals surface area contributed by atoms with Gasteiger partial charge in [-0.05, 0) is 12.1 Å². The third kappa shape index (κ3) is 2.85. The highest BCUT2D eigenvalue weighted by atomic mass is 16.6. The quantitative estimate of drug-likeness (QED) is 0.825. The summed E-state index contributed by atoms with van der Waals surface area (Å²) >= 11 is 0. The van der Waals surface area contributed by atoms with Crippen molar-refractivity contribution < 1.29 is 19.0 Å². The van der Waals surface area contributed by atoms with Crippen molar-refractivity contribution >= 4 is 11.7 Å². The molecule has 1 aromatic rings. The lowest BCUT2D eigenvalue weighted by Gasteiger charge is -2.19. The Morgan fingerprint density at radius 1 is 1.39 bits per heavy atom. The number of rotatable bonds is 4. The fourth-order valence-corrected chi connectivity index (χ4v) is 1.71. The molecule has 1 N–H and O–H groups in total. The molecule has 5 nitrogen and oxygen atoms in total. The number of benzene rings is 1. The Balaban J connectivity index is 1.96. The Labute approximate surface area is 106 Å². The van der Waals surface area contributed by atoms with Crippen molar-refractivity contribution in [1.29, 1.82) is 0 Å². The van der Waals surface area contributed by atoms with E-state index in [0.29, 0.717) is 19.8 Å². The maximum absolute atomic E-state index is 11.3. The van der Waals surface area contributed by atoms with Crippen molar-refractivity contribution in [3.63, 3.8) is 0 Å². The number of nitrogens with one attached hydrogen (secondary N) is 1. The Bertz CT molecular complexity index is 433. The minimum Gasteiger partial charge on any atom is -0.486 e. The van der Waals surface area contributed by atoms with E-state index in [-0.39, 0.29) is 11.9 Å². The summed E-state index contributed by atoms with van der Waals surface area (Å²) in [5.74, 6) is 1.08. The molecule has 98 valence electrons. The second-order valence-electron chi connectivity index (χ2n) is 4.16. The van der Waals surface area contributed by atoms with Gasteiger partial charge < -0.3 is 19.5 Å². The summed E-state index contributed by atoms with van der Waals surface area (Å²) in [5, 5.41) is 3.17. The van der Waals surface area contributed by atoms with Gasteiger partial charge in [-0.25, -0.2) is 0 Å². The van der Waals surface area contributed by atoms with Crippen LogP contribution in [0.4, 0.5) is 5.69 Å². The predicted molar refractivity (Wildman–Crippen MR) is 67.1 cm³/mol. The second kappa shape index (κ2) is 5.62. The number of ether oxygens (including phenoxy) is 3. The highest BCUT2D eigenvalue weighted by Crippen LogP contribution is 2.32. The molecule has 2 rings (SSSR count). The van der Waals surface area contributed by atoms with E-state index in [0.717, 1.165) is 17.2 Å². The zero-order valence-electron chi connectivity index (χ0n) is 10.6. The molecule has 0 saturated carbocycles. The first kappa shape index (κ1) is 12.5. The average Bonchev–Trinajstić information content (AvgIpc) is 2.43. The van der Waals surface area contributed by atoms with E-state index in [2.05, 4.69) is 10.1 Å². The lowest BCUT2D eigenvalue weighted by atomic mass is 10.2. The Hall–Kier alpha value is -1.91. The monoisotopic (exact) mass is 251 g/mol. The molecule has 0 fully saturated rings. The number of methoxy groups -OCH3 is 1. The van der Waals surface area contributed by atoms with E-state index < -0.39 is 0 Å². The van der Waals surface area contributed by atoms with Gasteiger partial charge in [-0.1, -0.05) is 6.92 Å². The van der Waals surface area contributed by atoms with Gasteiger partial charge in [0.05, 0.1) is 13.0 Å². The summed E-state index contributed by atoms with van der Waals surface area (Å²) in [7, 11) is 1.39. The molecule has 1 aliphatic rings. The third-order valence-electron chi connectivity index (χ3n) is 2.76. The van der Waals surface area contributed by atoms with Crippen LogP contribution in [-0.2, 0) is 9.53 Å². The topological polar surface area (TPSA) is 56.8 Å². The van der Waals surface area contributed by atoms with Crippen LogP contribution in [0.25, 0.3) is 0 Å². The maximum Gasteiger partial charge on any atom is 0.310 e. The van der Waals surface area contributed by atoms with Crippen LogP contribution in [0.5, 0.6) is 11.5 Å². The molecule has 0 saturated heterocycles. The lowest BCUT2D eigenvalue weighted by Crippen LogP contribution is -2.21. The van der Waals surface area contributed by atoms with Crippen molar-refractivity contribution in [2.45, 2.75) is 6.92 Å². The minimum atomic E-state index is -0.222. The molecule has 0 bridgehead atoms. The molecular formula is C13H17NO4. The smallest absolute Gasteiger partial charge is 0.310 e. The van der Waals surface area contributed by atoms with Gasteiger partial charge in [0, 0.05) is 18.3 Å². The first-order valence-corrected chi connectivity index (χ1v) is 5.92. The molecule has 0 spiro atoms. The Kier molecular flexibility index (Phi) is 3.92. The first-order valence-electron chi connectivity index (χ1n) is 5.92. The van der Waals surface area contributed by atoms with E-state index >= 15 is 0 Å². The van der Waals surface area contributed by atoms with Crippen molar-refractivity contribution in [1.82, 2.24) is 0 Å². The summed E-state index contributed by atoms with van der Waals surface area (Å²) in [6.07, 6.45) is 0. The highest BCUT2D eigenvalue weighted by molar-refractivity contribution is 5.72. The number of carbonyl (C=O) groups excluding carboxylic acids is 1. The van der Waals surface area contributed by atoms with E-state index in [1.807, 2.05) is 25.1 Å². The second-order valence-corrected chi connectivity index (χ2v) is 4.16. The fourth-order valence-electron chi connectivity index (χ4n) is 1.71. The average molecular weight is 251 g/mol. The van der Waals surface area contributed by atoms with Gasteiger partial charge in [-0.3, -0.25) is 4.79 Å². The maximum atomic E-state index is 11.3. The van der Waals surface area contributed by atoms with Gasteiger partial charge in [0.2, 0.25) is 0 Å². The Morgan fingerprint density at radius 3 is 2.83 bits per heavy atom. The van der Waals surface area contributed by atoms with Gasteiger partial charge in [-0.15, -0.1) is 0 Å². The molecule has 0 radical (unpaired) electrons. The van der Waals surface area contributed by atoms with Gasteiger partial charge in [0.15, 0.2) is 11.5 Å². The molecule has 1 heterocycles. The molecule has 1 atom stereocenters. The molecule has 0 aromatic heterocycles. The largest absolute Gasteiger partial charge is 0.486 e. The van der Waals surface area contributed by atoms with Gasteiger partial charge >= 0.3 is 5.97 Å². The summed E-state index contributed by atoms with van der Waals surface area (Å²) in [6, 6.07) is 5.63. The van der Waals surface area contributed by atoms with Crippen molar-refractivity contribution in [3.8, 4) is 11.5 Å². The number of carbonyl (C=O) groups is 1. The number of hydrogen-bond acceptors (Lipinski definition) is 5. The number of esters is 1. The summed E-state index contributed by atoms with van der Waals surface area (Å²) in [5.41, 5.74) is 0.898. The molecule has 1 aromatic carbocycles. The minimum absolute atomic E-state index is 0.191. The van der Waals surface area contributed by atoms with E-state index in [4.69, 9.17) is 9.47 Å². The fraction of sp³-hybridized carbons (Fsp3) is 0.462. The van der Waals surface area contributed by atoms with Crippen LogP contribution in [0, 0.1) is 5.92 Å². The molecule has 5 heteroatoms. The standard InChI is InChI=1S/C13H17NO4/c1-9(13(15)16-2)8-14-10-3-4-11-12(7-10)18-6-5-17-11/h3-4,7,9,14H,5-6,8H2,1-2H3/t9-/m0/s1. The van der Waals surface area contributed by atoms with Gasteiger partial charge in [0.25, 0.3) is 0 Å². The van der Waals surface area contributed by atoms with E-state index in [9.17, 15) is 4.79 Å². The molecular weight excluding hydrogens is 234 g/mol. The van der Waals surface area contributed by atoms with Crippen LogP contribution in [0.2, 0.25) is 0 Å². The normalized spacial score (nSPS) is 14.8. The molecule has 1 aliphatic heterocycles. The summed E-state index contributed by atoms with van der Waals surface area (Å²) in [6.45, 7) is 3.48. The van der Waals surface area contributed by atoms with Crippen molar-refractivity contribution in [2.75, 3.05) is 32.2 Å². The van der Waals surface area contributed by atoms with Crippen LogP contribution in [0.1, 0.15) is 6.92 Å². The van der Waals surface area contributed by atoms with Crippen LogP contribution in [0.3, 0.4) is 0 Å². The Morgan fingerprint density at radius 2 is 2.11 bits per heavy atom. The summed E-state index contributed by atoms with van der Waals surface area (Å²) < 4.78 is 15.6. The number of hydrogen-bond donors (Lipinski definition) is 1. The van der Waals surface area contributed by atoms with Gasteiger partial charge in [0.1, 0.15) is 13.2 Å². The molecule has 18 heavy (non-hydrogen) atoms. The van der Waals surface area contributed by atoms with Gasteiger partial charge in [-0.2, -0.15) is 0 Å². The van der Waals surface area contributed by atoms with Crippen LogP contribution < -0.4 is 14.8 Å². The van der Waals surface area contributed by atoms with Crippen molar-refractivity contribution in [3.05, 3.63) is 18.2 Å². The first-order chi connectivity index (χ1) is 8.70. The van der Waals surface area contributed by atoms with E-state index in [1.165, 1.54) is 7.11 Å². The van der Waals surface area contributed by atoms with Crippen LogP contribution in [-0.4, -0.2) is 32.8 Å². The molecule has 0 amide bonds. The van der Waals surface area contributed by atoms with Crippen LogP contribution in [0.15, 0.2) is 18.2 Å². The zero-order valence-corrected chi connectivity index (χ0v) is 10.6.